The van der Waals surface area contributed by atoms with Crippen molar-refractivity contribution in [3.63, 3.8) is 0 Å². The van der Waals surface area contributed by atoms with Crippen LogP contribution in [-0.2, 0) is 18.6 Å². The molecular formula is C24H36O4Si. The molecule has 5 atom stereocenters. The van der Waals surface area contributed by atoms with E-state index in [4.69, 9.17) is 25.1 Å². The van der Waals surface area contributed by atoms with Crippen molar-refractivity contribution in [3.8, 4) is 12.3 Å². The average molecular weight is 417 g/mol. The molecule has 0 spiro atoms. The lowest BCUT2D eigenvalue weighted by Gasteiger charge is -2.56. The van der Waals surface area contributed by atoms with Crippen molar-refractivity contribution in [2.75, 3.05) is 6.61 Å². The zero-order valence-electron chi connectivity index (χ0n) is 19.0. The van der Waals surface area contributed by atoms with Crippen LogP contribution in [0.25, 0.3) is 0 Å². The second kappa shape index (κ2) is 7.83. The fraction of sp³-hybridized carbons (Fsp3) is 0.667. The van der Waals surface area contributed by atoms with Crippen LogP contribution in [0.4, 0.5) is 0 Å². The molecule has 0 saturated carbocycles. The van der Waals surface area contributed by atoms with Crippen LogP contribution in [0.15, 0.2) is 30.3 Å². The molecule has 5 heteroatoms. The molecule has 0 N–H and O–H groups in total. The lowest BCUT2D eigenvalue weighted by atomic mass is 9.80. The summed E-state index contributed by atoms with van der Waals surface area (Å²) >= 11 is 0. The largest absolute Gasteiger partial charge is 0.411 e. The van der Waals surface area contributed by atoms with Crippen LogP contribution in [0.5, 0.6) is 0 Å². The molecule has 0 amide bonds. The predicted octanol–water partition coefficient (Wildman–Crippen LogP) is 5.45. The fourth-order valence-electron chi connectivity index (χ4n) is 3.95. The van der Waals surface area contributed by atoms with Gasteiger partial charge in [-0.2, -0.15) is 0 Å². The van der Waals surface area contributed by atoms with Crippen molar-refractivity contribution in [1.82, 2.24) is 0 Å². The van der Waals surface area contributed by atoms with Gasteiger partial charge in [0.2, 0.25) is 0 Å². The molecule has 1 aromatic carbocycles. The summed E-state index contributed by atoms with van der Waals surface area (Å²) in [6, 6.07) is 10.1. The Hall–Kier alpha value is -1.16. The summed E-state index contributed by atoms with van der Waals surface area (Å²) in [6.45, 7) is 15.9. The molecule has 1 aromatic rings. The van der Waals surface area contributed by atoms with Crippen molar-refractivity contribution in [3.05, 3.63) is 35.9 Å². The Kier molecular flexibility index (Phi) is 6.08. The molecule has 2 heterocycles. The maximum absolute atomic E-state index is 6.84. The number of terminal acetylenes is 1. The highest BCUT2D eigenvalue weighted by atomic mass is 28.4. The van der Waals surface area contributed by atoms with Crippen LogP contribution in [0, 0.1) is 12.3 Å². The van der Waals surface area contributed by atoms with E-state index in [-0.39, 0.29) is 23.5 Å². The van der Waals surface area contributed by atoms with Gasteiger partial charge in [-0.05, 0) is 32.0 Å². The van der Waals surface area contributed by atoms with Gasteiger partial charge in [-0.25, -0.2) is 0 Å². The van der Waals surface area contributed by atoms with Crippen LogP contribution in [0.1, 0.15) is 59.3 Å². The lowest BCUT2D eigenvalue weighted by Crippen LogP contribution is -2.66. The minimum atomic E-state index is -2.01. The van der Waals surface area contributed by atoms with Crippen LogP contribution in [0.3, 0.4) is 0 Å². The normalized spacial score (nSPS) is 35.6. The Morgan fingerprint density at radius 1 is 1.21 bits per heavy atom. The average Bonchev–Trinajstić information content (AvgIpc) is 2.62. The summed E-state index contributed by atoms with van der Waals surface area (Å²) < 4.78 is 26.0. The Morgan fingerprint density at radius 3 is 2.45 bits per heavy atom. The molecule has 0 aliphatic carbocycles. The van der Waals surface area contributed by atoms with Gasteiger partial charge < -0.3 is 18.6 Å². The maximum atomic E-state index is 6.84. The molecular weight excluding hydrogens is 380 g/mol. The molecule has 2 aliphatic rings. The summed E-state index contributed by atoms with van der Waals surface area (Å²) in [7, 11) is -2.01. The molecule has 0 aromatic heterocycles. The number of benzene rings is 1. The topological polar surface area (TPSA) is 36.9 Å². The zero-order chi connectivity index (χ0) is 21.5. The highest BCUT2D eigenvalue weighted by Gasteiger charge is 2.57. The Balaban J connectivity index is 1.86. The van der Waals surface area contributed by atoms with Gasteiger partial charge >= 0.3 is 0 Å². The van der Waals surface area contributed by atoms with E-state index in [9.17, 15) is 0 Å². The van der Waals surface area contributed by atoms with Gasteiger partial charge in [0.1, 0.15) is 11.2 Å². The molecule has 0 unspecified atom stereocenters. The molecule has 0 radical (unpaired) electrons. The van der Waals surface area contributed by atoms with Crippen LogP contribution >= 0.6 is 0 Å². The third-order valence-electron chi connectivity index (χ3n) is 6.83. The van der Waals surface area contributed by atoms with Crippen LogP contribution in [0.2, 0.25) is 18.1 Å². The summed E-state index contributed by atoms with van der Waals surface area (Å²) in [5.41, 5.74) is -0.0974. The maximum Gasteiger partial charge on any atom is 0.192 e. The lowest BCUT2D eigenvalue weighted by molar-refractivity contribution is -0.354. The minimum absolute atomic E-state index is 0.105. The van der Waals surface area contributed by atoms with Gasteiger partial charge in [-0.15, -0.1) is 12.3 Å². The van der Waals surface area contributed by atoms with Crippen molar-refractivity contribution < 1.29 is 18.6 Å². The van der Waals surface area contributed by atoms with E-state index >= 15 is 0 Å². The first-order valence-electron chi connectivity index (χ1n) is 10.5. The quantitative estimate of drug-likeness (QED) is 0.483. The van der Waals surface area contributed by atoms with Crippen LogP contribution < -0.4 is 0 Å². The van der Waals surface area contributed by atoms with E-state index in [0.717, 1.165) is 12.0 Å². The van der Waals surface area contributed by atoms with E-state index in [1.807, 2.05) is 30.3 Å². The number of hydrogen-bond acceptors (Lipinski definition) is 4. The van der Waals surface area contributed by atoms with E-state index in [1.54, 1.807) is 0 Å². The number of fused-ring (bicyclic) bond motifs is 1. The van der Waals surface area contributed by atoms with Gasteiger partial charge in [-0.1, -0.05) is 51.1 Å². The SMILES string of the molecule is C#CC[C@]1(C)O[C@]2(C)CO[C@@H](c3ccccc3)O[C@H]2C[C@H]1O[Si](C)(C)C(C)(C)C. The van der Waals surface area contributed by atoms with Gasteiger partial charge in [-0.3, -0.25) is 0 Å². The Morgan fingerprint density at radius 2 is 1.86 bits per heavy atom. The molecule has 0 bridgehead atoms. The number of ether oxygens (including phenoxy) is 3. The molecule has 2 aliphatic heterocycles. The van der Waals surface area contributed by atoms with Gasteiger partial charge in [0, 0.05) is 18.4 Å². The Bertz CT molecular complexity index is 750. The minimum Gasteiger partial charge on any atom is -0.411 e. The molecule has 3 rings (SSSR count). The zero-order valence-corrected chi connectivity index (χ0v) is 20.0. The second-order valence-electron chi connectivity index (χ2n) is 10.4. The Labute approximate surface area is 177 Å². The number of rotatable bonds is 4. The third-order valence-corrected chi connectivity index (χ3v) is 11.3. The highest BCUT2D eigenvalue weighted by molar-refractivity contribution is 6.74. The van der Waals surface area contributed by atoms with Gasteiger partial charge in [0.25, 0.3) is 0 Å². The number of hydrogen-bond donors (Lipinski definition) is 0. The summed E-state index contributed by atoms with van der Waals surface area (Å²) in [6.07, 6.45) is 6.34. The molecule has 4 nitrogen and oxygen atoms in total. The molecule has 2 saturated heterocycles. The molecule has 2 fully saturated rings. The van der Waals surface area contributed by atoms with Gasteiger partial charge in [0.05, 0.1) is 18.8 Å². The predicted molar refractivity (Wildman–Crippen MR) is 118 cm³/mol. The first kappa shape index (κ1) is 22.5. The molecule has 29 heavy (non-hydrogen) atoms. The van der Waals surface area contributed by atoms with E-state index in [1.165, 1.54) is 0 Å². The first-order valence-corrected chi connectivity index (χ1v) is 13.4. The van der Waals surface area contributed by atoms with E-state index in [2.05, 4.69) is 53.6 Å². The summed E-state index contributed by atoms with van der Waals surface area (Å²) in [5.74, 6) is 2.81. The second-order valence-corrected chi connectivity index (χ2v) is 15.1. The summed E-state index contributed by atoms with van der Waals surface area (Å²) in [5, 5.41) is 0.105. The van der Waals surface area contributed by atoms with Crippen molar-refractivity contribution in [1.29, 1.82) is 0 Å². The molecule has 160 valence electrons. The van der Waals surface area contributed by atoms with Crippen LogP contribution in [-0.4, -0.2) is 38.3 Å². The monoisotopic (exact) mass is 416 g/mol. The van der Waals surface area contributed by atoms with Crippen molar-refractivity contribution in [2.45, 2.75) is 95.3 Å². The van der Waals surface area contributed by atoms with Crippen molar-refractivity contribution in [2.24, 2.45) is 0 Å². The summed E-state index contributed by atoms with van der Waals surface area (Å²) in [4.78, 5) is 0. The third kappa shape index (κ3) is 4.47. The van der Waals surface area contributed by atoms with E-state index in [0.29, 0.717) is 13.0 Å². The highest BCUT2D eigenvalue weighted by Crippen LogP contribution is 2.48. The van der Waals surface area contributed by atoms with E-state index < -0.39 is 19.5 Å². The first-order chi connectivity index (χ1) is 13.4. The smallest absolute Gasteiger partial charge is 0.192 e. The van der Waals surface area contributed by atoms with Crippen molar-refractivity contribution >= 4 is 8.32 Å². The van der Waals surface area contributed by atoms with Gasteiger partial charge in [0.15, 0.2) is 14.6 Å². The fourth-order valence-corrected chi connectivity index (χ4v) is 5.36. The standard InChI is InChI=1S/C24H36O4Si/c1-9-15-23(5)20(27-29(7,8)22(2,3)4)16-19-24(6,28-23)17-25-21(26-19)18-13-11-10-12-14-18/h1,10-14,19-21H,15-17H2,2-8H3/t19-,20+,21+,23-,24+/m0/s1.